The third-order valence-corrected chi connectivity index (χ3v) is 5.09. The Kier molecular flexibility index (Phi) is 8.98. The predicted molar refractivity (Wildman–Crippen MR) is 102 cm³/mol. The fourth-order valence-corrected chi connectivity index (χ4v) is 3.75. The van der Waals surface area contributed by atoms with Crippen molar-refractivity contribution in [3.8, 4) is 5.75 Å². The molecule has 0 bridgehead atoms. The summed E-state index contributed by atoms with van der Waals surface area (Å²) in [5, 5.41) is 38.5. The standard InChI is InChI=1S/C14H15I2NO8/c15-10-7(13(22)17-6(4-19)5-20)3-8(14(23)24)11(16)12(10)25-9(21)1-2-18/h3,6,18-20H,1-2,4-5H2,(H,17,22)(H,23,24). The maximum Gasteiger partial charge on any atom is 0.336 e. The van der Waals surface area contributed by atoms with Crippen molar-refractivity contribution in [3.05, 3.63) is 24.3 Å². The van der Waals surface area contributed by atoms with Crippen molar-refractivity contribution in [2.45, 2.75) is 12.5 Å². The first-order valence-electron chi connectivity index (χ1n) is 6.86. The molecule has 1 amide bonds. The fourth-order valence-electron chi connectivity index (χ4n) is 1.69. The number of rotatable bonds is 8. The molecule has 1 rings (SSSR count). The van der Waals surface area contributed by atoms with Crippen molar-refractivity contribution in [1.29, 1.82) is 0 Å². The number of esters is 1. The number of aliphatic hydroxyl groups is 3. The van der Waals surface area contributed by atoms with Gasteiger partial charge >= 0.3 is 11.9 Å². The normalized spacial score (nSPS) is 10.6. The molecule has 0 aliphatic carbocycles. The molecule has 0 heterocycles. The quantitative estimate of drug-likeness (QED) is 0.164. The van der Waals surface area contributed by atoms with Crippen LogP contribution in [0, 0.1) is 7.14 Å². The van der Waals surface area contributed by atoms with Crippen LogP contribution in [-0.4, -0.2) is 64.1 Å². The van der Waals surface area contributed by atoms with Gasteiger partial charge in [-0.25, -0.2) is 4.79 Å². The molecule has 0 aromatic heterocycles. The number of aliphatic hydroxyl groups excluding tert-OH is 3. The molecule has 0 fully saturated rings. The molecular formula is C14H15I2NO8. The van der Waals surface area contributed by atoms with Gasteiger partial charge in [0.15, 0.2) is 5.75 Å². The van der Waals surface area contributed by atoms with E-state index in [1.165, 1.54) is 0 Å². The summed E-state index contributed by atoms with van der Waals surface area (Å²) >= 11 is 3.42. The van der Waals surface area contributed by atoms with Gasteiger partial charge in [0.25, 0.3) is 5.91 Å². The molecule has 0 radical (unpaired) electrons. The lowest BCUT2D eigenvalue weighted by atomic mass is 10.1. The van der Waals surface area contributed by atoms with Crippen molar-refractivity contribution in [3.63, 3.8) is 0 Å². The smallest absolute Gasteiger partial charge is 0.336 e. The SMILES string of the molecule is O=C(CCO)Oc1c(I)c(C(=O)O)cc(C(=O)NC(CO)CO)c1I. The Balaban J connectivity index is 3.38. The number of carbonyl (C=O) groups is 3. The molecule has 25 heavy (non-hydrogen) atoms. The van der Waals surface area contributed by atoms with Gasteiger partial charge in [0.1, 0.15) is 0 Å². The summed E-state index contributed by atoms with van der Waals surface area (Å²) in [6.07, 6.45) is -0.290. The van der Waals surface area contributed by atoms with Crippen LogP contribution in [0.5, 0.6) is 5.75 Å². The molecule has 0 aliphatic rings. The van der Waals surface area contributed by atoms with E-state index in [2.05, 4.69) is 5.32 Å². The van der Waals surface area contributed by atoms with Gasteiger partial charge in [0, 0.05) is 0 Å². The monoisotopic (exact) mass is 579 g/mol. The van der Waals surface area contributed by atoms with Crippen LogP contribution in [0.1, 0.15) is 27.1 Å². The van der Waals surface area contributed by atoms with Gasteiger partial charge in [-0.1, -0.05) is 0 Å². The van der Waals surface area contributed by atoms with E-state index in [1.54, 1.807) is 45.2 Å². The topological polar surface area (TPSA) is 153 Å². The number of amides is 1. The number of nitrogens with one attached hydrogen (secondary N) is 1. The van der Waals surface area contributed by atoms with Gasteiger partial charge in [0.05, 0.1) is 50.6 Å². The van der Waals surface area contributed by atoms with E-state index in [0.29, 0.717) is 0 Å². The number of carboxylic acid groups (broad SMARTS) is 1. The van der Waals surface area contributed by atoms with E-state index >= 15 is 0 Å². The maximum absolute atomic E-state index is 12.3. The van der Waals surface area contributed by atoms with E-state index in [9.17, 15) is 19.5 Å². The first kappa shape index (κ1) is 22.0. The molecule has 1 aromatic carbocycles. The zero-order valence-electron chi connectivity index (χ0n) is 12.7. The fraction of sp³-hybridized carbons (Fsp3) is 0.357. The first-order chi connectivity index (χ1) is 11.8. The second-order valence-corrected chi connectivity index (χ2v) is 6.87. The van der Waals surface area contributed by atoms with Crippen molar-refractivity contribution < 1.29 is 39.5 Å². The molecule has 5 N–H and O–H groups in total. The molecule has 0 atom stereocenters. The van der Waals surface area contributed by atoms with Crippen molar-refractivity contribution in [1.82, 2.24) is 5.32 Å². The van der Waals surface area contributed by atoms with Crippen LogP contribution < -0.4 is 10.1 Å². The second-order valence-electron chi connectivity index (χ2n) is 4.72. The average Bonchev–Trinajstić information content (AvgIpc) is 2.56. The largest absolute Gasteiger partial charge is 0.478 e. The lowest BCUT2D eigenvalue weighted by molar-refractivity contribution is -0.135. The highest BCUT2D eigenvalue weighted by molar-refractivity contribution is 14.1. The second kappa shape index (κ2) is 10.2. The Morgan fingerprint density at radius 1 is 1.08 bits per heavy atom. The van der Waals surface area contributed by atoms with Crippen molar-refractivity contribution in [2.75, 3.05) is 19.8 Å². The third kappa shape index (κ3) is 5.73. The van der Waals surface area contributed by atoms with Crippen LogP contribution >= 0.6 is 45.2 Å². The lowest BCUT2D eigenvalue weighted by Crippen LogP contribution is -2.40. The highest BCUT2D eigenvalue weighted by Crippen LogP contribution is 2.34. The average molecular weight is 579 g/mol. The summed E-state index contributed by atoms with van der Waals surface area (Å²) in [4.78, 5) is 35.4. The number of carboxylic acids is 1. The van der Waals surface area contributed by atoms with Crippen LogP contribution in [-0.2, 0) is 4.79 Å². The molecule has 11 heteroatoms. The summed E-state index contributed by atoms with van der Waals surface area (Å²) in [5.41, 5.74) is -0.334. The van der Waals surface area contributed by atoms with Gasteiger partial charge in [-0.2, -0.15) is 0 Å². The first-order valence-corrected chi connectivity index (χ1v) is 9.01. The van der Waals surface area contributed by atoms with Crippen molar-refractivity contribution in [2.24, 2.45) is 0 Å². The number of hydrogen-bond donors (Lipinski definition) is 5. The lowest BCUT2D eigenvalue weighted by Gasteiger charge is -2.17. The molecule has 0 spiro atoms. The number of aromatic carboxylic acids is 1. The molecule has 0 saturated heterocycles. The number of ether oxygens (including phenoxy) is 1. The van der Waals surface area contributed by atoms with E-state index in [0.717, 1.165) is 6.07 Å². The zero-order chi connectivity index (χ0) is 19.1. The molecule has 138 valence electrons. The molecule has 0 unspecified atom stereocenters. The highest BCUT2D eigenvalue weighted by atomic mass is 127. The summed E-state index contributed by atoms with van der Waals surface area (Å²) in [6.45, 7) is -1.45. The number of halogens is 2. The van der Waals surface area contributed by atoms with Gasteiger partial charge < -0.3 is 30.5 Å². The van der Waals surface area contributed by atoms with Gasteiger partial charge in [-0.05, 0) is 51.2 Å². The molecule has 0 aliphatic heterocycles. The van der Waals surface area contributed by atoms with Crippen LogP contribution in [0.2, 0.25) is 0 Å². The van der Waals surface area contributed by atoms with Crippen LogP contribution in [0.3, 0.4) is 0 Å². The van der Waals surface area contributed by atoms with E-state index in [-0.39, 0.29) is 30.4 Å². The maximum atomic E-state index is 12.3. The van der Waals surface area contributed by atoms with E-state index < -0.39 is 43.7 Å². The molecule has 9 nitrogen and oxygen atoms in total. The Morgan fingerprint density at radius 3 is 2.12 bits per heavy atom. The minimum atomic E-state index is -1.32. The van der Waals surface area contributed by atoms with Gasteiger partial charge in [-0.3, -0.25) is 9.59 Å². The van der Waals surface area contributed by atoms with Crippen molar-refractivity contribution >= 4 is 63.0 Å². The highest BCUT2D eigenvalue weighted by Gasteiger charge is 2.25. The van der Waals surface area contributed by atoms with Crippen LogP contribution in [0.15, 0.2) is 6.07 Å². The number of hydrogen-bond acceptors (Lipinski definition) is 7. The van der Waals surface area contributed by atoms with Gasteiger partial charge in [0.2, 0.25) is 0 Å². The molecule has 0 saturated carbocycles. The Morgan fingerprint density at radius 2 is 1.64 bits per heavy atom. The molecule has 1 aromatic rings. The Labute approximate surface area is 169 Å². The predicted octanol–water partition coefficient (Wildman–Crippen LogP) is -0.0352. The molecular weight excluding hydrogens is 564 g/mol. The summed E-state index contributed by atoms with van der Waals surface area (Å²) in [6, 6.07) is 0.201. The van der Waals surface area contributed by atoms with Gasteiger partial charge in [-0.15, -0.1) is 0 Å². The van der Waals surface area contributed by atoms with E-state index in [4.69, 9.17) is 20.1 Å². The zero-order valence-corrected chi connectivity index (χ0v) is 17.0. The minimum Gasteiger partial charge on any atom is -0.478 e. The number of carbonyl (C=O) groups excluding carboxylic acids is 2. The summed E-state index contributed by atoms with van der Waals surface area (Å²) in [7, 11) is 0. The summed E-state index contributed by atoms with van der Waals surface area (Å²) < 4.78 is 5.41. The number of benzene rings is 1. The minimum absolute atomic E-state index is 0.0860. The van der Waals surface area contributed by atoms with Crippen LogP contribution in [0.25, 0.3) is 0 Å². The third-order valence-electron chi connectivity index (χ3n) is 2.94. The Bertz CT molecular complexity index is 675. The van der Waals surface area contributed by atoms with E-state index in [1.807, 2.05) is 0 Å². The Hall–Kier alpha value is -1.03. The van der Waals surface area contributed by atoms with Crippen LogP contribution in [0.4, 0.5) is 0 Å². The summed E-state index contributed by atoms with van der Waals surface area (Å²) in [5.74, 6) is -2.95.